The number of carboxylic acid groups (broad SMARTS) is 1. The molecule has 0 spiro atoms. The molecule has 1 N–H and O–H groups in total. The van der Waals surface area contributed by atoms with Gasteiger partial charge in [0.25, 0.3) is 0 Å². The number of likely N-dealkylation sites (tertiary alicyclic amines) is 2. The summed E-state index contributed by atoms with van der Waals surface area (Å²) in [6, 6.07) is 0.630. The van der Waals surface area contributed by atoms with Crippen LogP contribution in [0.5, 0.6) is 0 Å². The maximum atomic E-state index is 12.2. The first-order chi connectivity index (χ1) is 12.2. The van der Waals surface area contributed by atoms with Gasteiger partial charge in [0.2, 0.25) is 0 Å². The molecule has 0 amide bonds. The summed E-state index contributed by atoms with van der Waals surface area (Å²) >= 11 is 0. The Kier molecular flexibility index (Phi) is 4.82. The summed E-state index contributed by atoms with van der Waals surface area (Å²) in [5.41, 5.74) is -0.535. The minimum atomic E-state index is -0.576. The Bertz CT molecular complexity index is 584. The molecule has 3 heterocycles. The monoisotopic (exact) mass is 346 g/mol. The van der Waals surface area contributed by atoms with Crippen molar-refractivity contribution in [2.75, 3.05) is 32.7 Å². The first-order valence-corrected chi connectivity index (χ1v) is 9.83. The molecule has 0 aromatic carbocycles. The summed E-state index contributed by atoms with van der Waals surface area (Å²) < 4.78 is 2.09. The Hall–Kier alpha value is -1.40. The fourth-order valence-corrected chi connectivity index (χ4v) is 5.30. The minimum absolute atomic E-state index is 0.292. The van der Waals surface area contributed by atoms with E-state index in [0.717, 1.165) is 45.7 Å². The molecule has 2 aliphatic heterocycles. The number of carbonyl (C=O) groups is 1. The lowest BCUT2D eigenvalue weighted by molar-refractivity contribution is -0.149. The standard InChI is InChI=1S/C19H30N4O2/c24-18(25)19-13-22(9-4-8-21-10-7-20-15-21)11-16(19)12-23(14-19)17-5-2-1-3-6-17/h7,10,15-17H,1-6,8-9,11-14H2,(H,24,25)/t16-,19-/m0/s1. The molecule has 6 nitrogen and oxygen atoms in total. The fourth-order valence-electron chi connectivity index (χ4n) is 5.30. The van der Waals surface area contributed by atoms with E-state index in [1.807, 2.05) is 12.5 Å². The topological polar surface area (TPSA) is 61.6 Å². The second kappa shape index (κ2) is 7.08. The Balaban J connectivity index is 1.34. The van der Waals surface area contributed by atoms with E-state index in [1.54, 1.807) is 6.20 Å². The van der Waals surface area contributed by atoms with Crippen molar-refractivity contribution in [3.05, 3.63) is 18.7 Å². The lowest BCUT2D eigenvalue weighted by Gasteiger charge is -2.33. The van der Waals surface area contributed by atoms with Crippen LogP contribution in [0, 0.1) is 11.3 Å². The second-order valence-electron chi connectivity index (χ2n) is 8.27. The molecule has 3 fully saturated rings. The number of hydrogen-bond acceptors (Lipinski definition) is 4. The third-order valence-electron chi connectivity index (χ3n) is 6.67. The van der Waals surface area contributed by atoms with Crippen molar-refractivity contribution in [3.8, 4) is 0 Å². The molecular weight excluding hydrogens is 316 g/mol. The van der Waals surface area contributed by atoms with Crippen molar-refractivity contribution in [1.82, 2.24) is 19.4 Å². The van der Waals surface area contributed by atoms with Gasteiger partial charge in [-0.3, -0.25) is 9.69 Å². The highest BCUT2D eigenvalue weighted by molar-refractivity contribution is 5.77. The average Bonchev–Trinajstić information content (AvgIpc) is 3.30. The van der Waals surface area contributed by atoms with Gasteiger partial charge in [-0.2, -0.15) is 0 Å². The molecule has 0 radical (unpaired) electrons. The van der Waals surface area contributed by atoms with Crippen LogP contribution in [0.15, 0.2) is 18.7 Å². The van der Waals surface area contributed by atoms with Gasteiger partial charge in [0, 0.05) is 57.1 Å². The molecule has 25 heavy (non-hydrogen) atoms. The van der Waals surface area contributed by atoms with Gasteiger partial charge in [-0.05, 0) is 25.8 Å². The van der Waals surface area contributed by atoms with E-state index in [4.69, 9.17) is 0 Å². The van der Waals surface area contributed by atoms with Gasteiger partial charge in [0.05, 0.1) is 11.7 Å². The van der Waals surface area contributed by atoms with Gasteiger partial charge < -0.3 is 14.6 Å². The van der Waals surface area contributed by atoms with Crippen LogP contribution in [0.3, 0.4) is 0 Å². The molecule has 2 saturated heterocycles. The summed E-state index contributed by atoms with van der Waals surface area (Å²) in [6.45, 7) is 5.34. The van der Waals surface area contributed by atoms with E-state index in [9.17, 15) is 9.90 Å². The number of hydrogen-bond donors (Lipinski definition) is 1. The molecule has 138 valence electrons. The molecule has 1 aromatic rings. The van der Waals surface area contributed by atoms with E-state index in [2.05, 4.69) is 19.4 Å². The number of carboxylic acids is 1. The van der Waals surface area contributed by atoms with Crippen LogP contribution in [-0.4, -0.2) is 69.2 Å². The highest BCUT2D eigenvalue weighted by atomic mass is 16.4. The number of imidazole rings is 1. The van der Waals surface area contributed by atoms with Gasteiger partial charge in [0.1, 0.15) is 0 Å². The lowest BCUT2D eigenvalue weighted by atomic mass is 9.81. The molecule has 4 rings (SSSR count). The van der Waals surface area contributed by atoms with Crippen molar-refractivity contribution in [2.24, 2.45) is 11.3 Å². The molecule has 2 atom stereocenters. The van der Waals surface area contributed by atoms with Gasteiger partial charge in [0.15, 0.2) is 0 Å². The Morgan fingerprint density at radius 2 is 2.00 bits per heavy atom. The first kappa shape index (κ1) is 17.0. The predicted octanol–water partition coefficient (Wildman–Crippen LogP) is 1.92. The van der Waals surface area contributed by atoms with E-state index >= 15 is 0 Å². The number of nitrogens with zero attached hydrogens (tertiary/aromatic N) is 4. The minimum Gasteiger partial charge on any atom is -0.481 e. The summed E-state index contributed by atoms with van der Waals surface area (Å²) in [5, 5.41) is 10.0. The Morgan fingerprint density at radius 1 is 1.16 bits per heavy atom. The van der Waals surface area contributed by atoms with Gasteiger partial charge in [-0.25, -0.2) is 4.98 Å². The number of fused-ring (bicyclic) bond motifs is 1. The maximum Gasteiger partial charge on any atom is 0.312 e. The van der Waals surface area contributed by atoms with Crippen molar-refractivity contribution in [1.29, 1.82) is 0 Å². The van der Waals surface area contributed by atoms with Crippen molar-refractivity contribution in [2.45, 2.75) is 51.1 Å². The summed E-state index contributed by atoms with van der Waals surface area (Å²) in [7, 11) is 0. The predicted molar refractivity (Wildman–Crippen MR) is 95.3 cm³/mol. The summed E-state index contributed by atoms with van der Waals surface area (Å²) in [5.74, 6) is -0.284. The van der Waals surface area contributed by atoms with E-state index in [0.29, 0.717) is 12.0 Å². The number of rotatable bonds is 6. The van der Waals surface area contributed by atoms with Crippen molar-refractivity contribution >= 4 is 5.97 Å². The zero-order valence-electron chi connectivity index (χ0n) is 15.0. The third kappa shape index (κ3) is 3.34. The molecule has 3 aliphatic rings. The lowest BCUT2D eigenvalue weighted by Crippen LogP contribution is -2.43. The van der Waals surface area contributed by atoms with Crippen molar-refractivity contribution in [3.63, 3.8) is 0 Å². The zero-order chi connectivity index (χ0) is 17.3. The maximum absolute atomic E-state index is 12.2. The highest BCUT2D eigenvalue weighted by Gasteiger charge is 2.58. The molecule has 0 unspecified atom stereocenters. The summed E-state index contributed by atoms with van der Waals surface area (Å²) in [6.07, 6.45) is 13.2. The average molecular weight is 346 g/mol. The summed E-state index contributed by atoms with van der Waals surface area (Å²) in [4.78, 5) is 21.1. The van der Waals surface area contributed by atoms with Crippen LogP contribution < -0.4 is 0 Å². The number of aliphatic carboxylic acids is 1. The molecule has 1 saturated carbocycles. The van der Waals surface area contributed by atoms with Gasteiger partial charge in [-0.15, -0.1) is 0 Å². The Morgan fingerprint density at radius 3 is 2.68 bits per heavy atom. The normalized spacial score (nSPS) is 31.4. The van der Waals surface area contributed by atoms with Crippen LogP contribution in [0.4, 0.5) is 0 Å². The highest BCUT2D eigenvalue weighted by Crippen LogP contribution is 2.44. The zero-order valence-corrected chi connectivity index (χ0v) is 15.0. The van der Waals surface area contributed by atoms with E-state index in [-0.39, 0.29) is 0 Å². The fraction of sp³-hybridized carbons (Fsp3) is 0.789. The third-order valence-corrected chi connectivity index (χ3v) is 6.67. The SMILES string of the molecule is O=C(O)[C@]12CN(CCCn3ccnc3)C[C@H]1CN(C1CCCCC1)C2. The largest absolute Gasteiger partial charge is 0.481 e. The van der Waals surface area contributed by atoms with Gasteiger partial charge in [-0.1, -0.05) is 19.3 Å². The number of aromatic nitrogens is 2. The van der Waals surface area contributed by atoms with E-state index < -0.39 is 11.4 Å². The Labute approximate surface area is 149 Å². The molecule has 6 heteroatoms. The molecule has 1 aliphatic carbocycles. The van der Waals surface area contributed by atoms with Crippen LogP contribution in [-0.2, 0) is 11.3 Å². The van der Waals surface area contributed by atoms with E-state index in [1.165, 1.54) is 32.1 Å². The van der Waals surface area contributed by atoms with Crippen LogP contribution in [0.25, 0.3) is 0 Å². The van der Waals surface area contributed by atoms with Crippen LogP contribution >= 0.6 is 0 Å². The first-order valence-electron chi connectivity index (χ1n) is 9.83. The smallest absolute Gasteiger partial charge is 0.312 e. The van der Waals surface area contributed by atoms with Crippen molar-refractivity contribution < 1.29 is 9.90 Å². The van der Waals surface area contributed by atoms with Crippen LogP contribution in [0.2, 0.25) is 0 Å². The molecule has 0 bridgehead atoms. The second-order valence-corrected chi connectivity index (χ2v) is 8.27. The molecular formula is C19H30N4O2. The number of aryl methyl sites for hydroxylation is 1. The van der Waals surface area contributed by atoms with Crippen LogP contribution in [0.1, 0.15) is 38.5 Å². The molecule has 1 aromatic heterocycles. The van der Waals surface area contributed by atoms with Gasteiger partial charge >= 0.3 is 5.97 Å². The quantitative estimate of drug-likeness (QED) is 0.853.